The number of halogens is 1. The van der Waals surface area contributed by atoms with Gasteiger partial charge in [0.2, 0.25) is 5.82 Å². The van der Waals surface area contributed by atoms with Gasteiger partial charge in [0.05, 0.1) is 0 Å². The first-order valence-electron chi connectivity index (χ1n) is 9.91. The second-order valence-corrected chi connectivity index (χ2v) is 8.36. The predicted octanol–water partition coefficient (Wildman–Crippen LogP) is 3.49. The van der Waals surface area contributed by atoms with Crippen molar-refractivity contribution in [1.82, 2.24) is 19.7 Å². The van der Waals surface area contributed by atoms with Gasteiger partial charge in [-0.2, -0.15) is 0 Å². The molecule has 1 aromatic heterocycles. The number of aromatic nitrogens is 3. The van der Waals surface area contributed by atoms with Crippen molar-refractivity contribution in [1.29, 1.82) is 0 Å². The van der Waals surface area contributed by atoms with Crippen LogP contribution >= 0.6 is 11.6 Å². The van der Waals surface area contributed by atoms with Crippen molar-refractivity contribution >= 4 is 23.2 Å². The van der Waals surface area contributed by atoms with Crippen molar-refractivity contribution in [3.05, 3.63) is 76.8 Å². The number of carbonyl (C=O) groups excluding carboxylic acids is 1. The number of nitrogens with one attached hydrogen (secondary N) is 1. The van der Waals surface area contributed by atoms with Crippen LogP contribution in [0.2, 0.25) is 5.02 Å². The number of amides is 1. The molecular formula is C22H22ClN5O. The molecule has 2 aromatic carbocycles. The summed E-state index contributed by atoms with van der Waals surface area (Å²) in [7, 11) is 0. The second-order valence-electron chi connectivity index (χ2n) is 7.92. The Morgan fingerprint density at radius 3 is 2.69 bits per heavy atom. The van der Waals surface area contributed by atoms with E-state index in [4.69, 9.17) is 11.6 Å². The van der Waals surface area contributed by atoms with Gasteiger partial charge in [-0.25, -0.2) is 0 Å². The van der Waals surface area contributed by atoms with Crippen molar-refractivity contribution in [2.75, 3.05) is 18.4 Å². The summed E-state index contributed by atoms with van der Waals surface area (Å²) < 4.78 is 2.00. The Labute approximate surface area is 174 Å². The summed E-state index contributed by atoms with van der Waals surface area (Å²) in [5.74, 6) is 2.16. The zero-order chi connectivity index (χ0) is 19.8. The standard InChI is InChI=1S/C22H22ClN5O/c23-18-6-4-5-15(9-18)11-27-12-16-10-20-25-26-21(28(20)14-17(16)13-27)22(29)24-19-7-2-1-3-8-19/h1-9,16-17H,10-14H2,(H,24,29)/t16-,17+/m1/s1. The Morgan fingerprint density at radius 1 is 1.03 bits per heavy atom. The van der Waals surface area contributed by atoms with E-state index in [1.165, 1.54) is 5.56 Å². The molecule has 0 bridgehead atoms. The molecule has 7 heteroatoms. The largest absolute Gasteiger partial charge is 0.319 e. The number of fused-ring (bicyclic) bond motifs is 2. The number of rotatable bonds is 4. The average molecular weight is 408 g/mol. The minimum Gasteiger partial charge on any atom is -0.319 e. The number of para-hydroxylation sites is 1. The zero-order valence-corrected chi connectivity index (χ0v) is 16.7. The summed E-state index contributed by atoms with van der Waals surface area (Å²) in [6.07, 6.45) is 0.863. The van der Waals surface area contributed by atoms with Gasteiger partial charge in [0, 0.05) is 43.3 Å². The van der Waals surface area contributed by atoms with E-state index in [1.807, 2.05) is 53.1 Å². The Morgan fingerprint density at radius 2 is 1.86 bits per heavy atom. The normalized spacial score (nSPS) is 20.9. The number of nitrogens with zero attached hydrogens (tertiary/aromatic N) is 4. The third-order valence-corrected chi connectivity index (χ3v) is 6.11. The summed E-state index contributed by atoms with van der Waals surface area (Å²) in [5, 5.41) is 12.2. The average Bonchev–Trinajstić information content (AvgIpc) is 3.29. The minimum absolute atomic E-state index is 0.206. The van der Waals surface area contributed by atoms with Crippen LogP contribution in [0.5, 0.6) is 0 Å². The molecule has 2 aliphatic heterocycles. The maximum atomic E-state index is 12.7. The van der Waals surface area contributed by atoms with Crippen LogP contribution in [0, 0.1) is 11.8 Å². The van der Waals surface area contributed by atoms with Crippen LogP contribution in [0.25, 0.3) is 0 Å². The highest BCUT2D eigenvalue weighted by atomic mass is 35.5. The molecule has 2 aliphatic rings. The SMILES string of the molecule is O=C(Nc1ccccc1)c1nnc2n1C[C@@H]1CN(Cc3cccc(Cl)c3)C[C@H]1C2. The number of anilines is 1. The quantitative estimate of drug-likeness (QED) is 0.719. The molecule has 148 valence electrons. The molecule has 3 heterocycles. The minimum atomic E-state index is -0.206. The molecule has 1 fully saturated rings. The lowest BCUT2D eigenvalue weighted by Gasteiger charge is -2.25. The van der Waals surface area contributed by atoms with Crippen LogP contribution < -0.4 is 5.32 Å². The zero-order valence-electron chi connectivity index (χ0n) is 16.0. The lowest BCUT2D eigenvalue weighted by Crippen LogP contribution is -2.31. The Balaban J connectivity index is 1.28. The number of likely N-dealkylation sites (tertiary alicyclic amines) is 1. The Bertz CT molecular complexity index is 1030. The third kappa shape index (κ3) is 3.78. The Hall–Kier alpha value is -2.70. The van der Waals surface area contributed by atoms with E-state index in [1.54, 1.807) is 0 Å². The van der Waals surface area contributed by atoms with Gasteiger partial charge in [-0.05, 0) is 41.7 Å². The monoisotopic (exact) mass is 407 g/mol. The molecule has 2 atom stereocenters. The molecule has 0 saturated carbocycles. The van der Waals surface area contributed by atoms with E-state index in [9.17, 15) is 4.79 Å². The first-order chi connectivity index (χ1) is 14.2. The van der Waals surface area contributed by atoms with Gasteiger partial charge in [-0.15, -0.1) is 10.2 Å². The highest BCUT2D eigenvalue weighted by Crippen LogP contribution is 2.33. The maximum absolute atomic E-state index is 12.7. The van der Waals surface area contributed by atoms with E-state index in [-0.39, 0.29) is 5.91 Å². The molecular weight excluding hydrogens is 386 g/mol. The van der Waals surface area contributed by atoms with Crippen molar-refractivity contribution in [2.45, 2.75) is 19.5 Å². The molecule has 0 unspecified atom stereocenters. The number of hydrogen-bond donors (Lipinski definition) is 1. The van der Waals surface area contributed by atoms with E-state index in [0.29, 0.717) is 17.7 Å². The van der Waals surface area contributed by atoms with Gasteiger partial charge in [-0.3, -0.25) is 9.69 Å². The fourth-order valence-corrected chi connectivity index (χ4v) is 4.73. The van der Waals surface area contributed by atoms with E-state index in [0.717, 1.165) is 49.1 Å². The second kappa shape index (κ2) is 7.61. The first-order valence-corrected chi connectivity index (χ1v) is 10.3. The smallest absolute Gasteiger partial charge is 0.293 e. The molecule has 3 aromatic rings. The van der Waals surface area contributed by atoms with Gasteiger partial charge in [0.1, 0.15) is 5.82 Å². The van der Waals surface area contributed by atoms with Crippen molar-refractivity contribution in [2.24, 2.45) is 11.8 Å². The maximum Gasteiger partial charge on any atom is 0.293 e. The van der Waals surface area contributed by atoms with Crippen LogP contribution in [0.15, 0.2) is 54.6 Å². The van der Waals surface area contributed by atoms with Gasteiger partial charge >= 0.3 is 0 Å². The fraction of sp³-hybridized carbons (Fsp3) is 0.318. The van der Waals surface area contributed by atoms with Gasteiger partial charge in [-0.1, -0.05) is 41.9 Å². The summed E-state index contributed by atoms with van der Waals surface area (Å²) in [4.78, 5) is 15.2. The number of carbonyl (C=O) groups is 1. The van der Waals surface area contributed by atoms with Gasteiger partial charge in [0.15, 0.2) is 0 Å². The van der Waals surface area contributed by atoms with Crippen LogP contribution in [-0.4, -0.2) is 38.7 Å². The molecule has 6 nitrogen and oxygen atoms in total. The fourth-order valence-electron chi connectivity index (χ4n) is 4.52. The highest BCUT2D eigenvalue weighted by Gasteiger charge is 2.39. The molecule has 0 aliphatic carbocycles. The summed E-state index contributed by atoms with van der Waals surface area (Å²) >= 11 is 6.13. The molecule has 0 spiro atoms. The Kier molecular flexibility index (Phi) is 4.81. The van der Waals surface area contributed by atoms with Crippen molar-refractivity contribution in [3.63, 3.8) is 0 Å². The van der Waals surface area contributed by atoms with Crippen LogP contribution in [0.1, 0.15) is 22.0 Å². The molecule has 0 radical (unpaired) electrons. The predicted molar refractivity (Wildman–Crippen MR) is 112 cm³/mol. The van der Waals surface area contributed by atoms with E-state index < -0.39 is 0 Å². The van der Waals surface area contributed by atoms with Crippen LogP contribution in [-0.2, 0) is 19.5 Å². The van der Waals surface area contributed by atoms with Gasteiger partial charge in [0.25, 0.3) is 5.91 Å². The lowest BCUT2D eigenvalue weighted by atomic mass is 9.89. The summed E-state index contributed by atoms with van der Waals surface area (Å²) in [5.41, 5.74) is 2.00. The number of hydrogen-bond acceptors (Lipinski definition) is 4. The molecule has 5 rings (SSSR count). The van der Waals surface area contributed by atoms with Gasteiger partial charge < -0.3 is 9.88 Å². The van der Waals surface area contributed by atoms with E-state index in [2.05, 4.69) is 26.5 Å². The number of benzene rings is 2. The first kappa shape index (κ1) is 18.3. The molecule has 1 amide bonds. The molecule has 29 heavy (non-hydrogen) atoms. The third-order valence-electron chi connectivity index (χ3n) is 5.87. The highest BCUT2D eigenvalue weighted by molar-refractivity contribution is 6.30. The molecule has 1 N–H and O–H groups in total. The lowest BCUT2D eigenvalue weighted by molar-refractivity contribution is 0.100. The van der Waals surface area contributed by atoms with Crippen molar-refractivity contribution < 1.29 is 4.79 Å². The summed E-state index contributed by atoms with van der Waals surface area (Å²) in [6, 6.07) is 17.5. The summed E-state index contributed by atoms with van der Waals surface area (Å²) in [6.45, 7) is 3.73. The van der Waals surface area contributed by atoms with Crippen LogP contribution in [0.4, 0.5) is 5.69 Å². The van der Waals surface area contributed by atoms with Crippen LogP contribution in [0.3, 0.4) is 0 Å². The molecule has 1 saturated heterocycles. The van der Waals surface area contributed by atoms with Crippen molar-refractivity contribution in [3.8, 4) is 0 Å². The topological polar surface area (TPSA) is 63.1 Å². The van der Waals surface area contributed by atoms with E-state index >= 15 is 0 Å².